The molecule has 4 rings (SSSR count). The minimum atomic E-state index is -0.0138. The third kappa shape index (κ3) is 1.94. The molecular formula is C16H18N4O. The van der Waals surface area contributed by atoms with Gasteiger partial charge in [-0.05, 0) is 49.4 Å². The zero-order chi connectivity index (χ0) is 14.4. The third-order valence-corrected chi connectivity index (χ3v) is 5.05. The number of amides is 1. The molecule has 21 heavy (non-hydrogen) atoms. The molecule has 3 atom stereocenters. The van der Waals surface area contributed by atoms with Gasteiger partial charge in [0.1, 0.15) is 0 Å². The maximum atomic E-state index is 12.4. The van der Waals surface area contributed by atoms with E-state index in [1.54, 1.807) is 0 Å². The lowest BCUT2D eigenvalue weighted by Gasteiger charge is -2.22. The van der Waals surface area contributed by atoms with E-state index in [-0.39, 0.29) is 18.0 Å². The van der Waals surface area contributed by atoms with Gasteiger partial charge in [-0.3, -0.25) is 4.79 Å². The van der Waals surface area contributed by atoms with E-state index in [0.29, 0.717) is 6.04 Å². The standard InChI is InChI=1S/C16H18N4O/c17-9-20-12-2-4-15(20)14(8-12)19-16(21)11-1-3-13-10(7-11)5-6-18-13/h1,3,7,12,14-15,18H,2,4-6,8H2,(H,19,21)/t12-,14+,15+/m0/s1. The van der Waals surface area contributed by atoms with E-state index in [1.165, 1.54) is 5.56 Å². The van der Waals surface area contributed by atoms with Crippen LogP contribution in [0.2, 0.25) is 0 Å². The van der Waals surface area contributed by atoms with E-state index >= 15 is 0 Å². The van der Waals surface area contributed by atoms with Crippen molar-refractivity contribution in [1.29, 1.82) is 5.26 Å². The second-order valence-corrected chi connectivity index (χ2v) is 6.17. The number of hydrogen-bond donors (Lipinski definition) is 2. The van der Waals surface area contributed by atoms with Crippen LogP contribution >= 0.6 is 0 Å². The first kappa shape index (κ1) is 12.5. The third-order valence-electron chi connectivity index (χ3n) is 5.05. The van der Waals surface area contributed by atoms with E-state index in [9.17, 15) is 10.1 Å². The van der Waals surface area contributed by atoms with Crippen LogP contribution in [-0.2, 0) is 6.42 Å². The molecule has 5 nitrogen and oxygen atoms in total. The number of benzene rings is 1. The zero-order valence-corrected chi connectivity index (χ0v) is 11.8. The monoisotopic (exact) mass is 282 g/mol. The molecule has 0 saturated carbocycles. The highest BCUT2D eigenvalue weighted by Gasteiger charge is 2.46. The Morgan fingerprint density at radius 3 is 3.14 bits per heavy atom. The second-order valence-electron chi connectivity index (χ2n) is 6.17. The summed E-state index contributed by atoms with van der Waals surface area (Å²) < 4.78 is 0. The summed E-state index contributed by atoms with van der Waals surface area (Å²) in [6.45, 7) is 0.948. The number of nitrogens with one attached hydrogen (secondary N) is 2. The van der Waals surface area contributed by atoms with Crippen LogP contribution in [0.1, 0.15) is 35.2 Å². The maximum Gasteiger partial charge on any atom is 0.251 e. The fourth-order valence-electron chi connectivity index (χ4n) is 4.00. The first-order valence-electron chi connectivity index (χ1n) is 7.62. The smallest absolute Gasteiger partial charge is 0.251 e. The Morgan fingerprint density at radius 2 is 2.33 bits per heavy atom. The number of nitriles is 1. The van der Waals surface area contributed by atoms with Crippen LogP contribution in [-0.4, -0.2) is 35.5 Å². The largest absolute Gasteiger partial charge is 0.384 e. The van der Waals surface area contributed by atoms with Gasteiger partial charge in [0.25, 0.3) is 5.91 Å². The highest BCUT2D eigenvalue weighted by molar-refractivity contribution is 5.95. The van der Waals surface area contributed by atoms with Gasteiger partial charge in [-0.25, -0.2) is 0 Å². The molecule has 0 spiro atoms. The molecule has 108 valence electrons. The van der Waals surface area contributed by atoms with Gasteiger partial charge in [0.05, 0.1) is 12.1 Å². The van der Waals surface area contributed by atoms with Crippen LogP contribution in [0.3, 0.4) is 0 Å². The van der Waals surface area contributed by atoms with Crippen molar-refractivity contribution >= 4 is 11.6 Å². The van der Waals surface area contributed by atoms with Crippen LogP contribution in [0, 0.1) is 11.5 Å². The maximum absolute atomic E-state index is 12.4. The average molecular weight is 282 g/mol. The van der Waals surface area contributed by atoms with Gasteiger partial charge < -0.3 is 15.5 Å². The van der Waals surface area contributed by atoms with Gasteiger partial charge in [0, 0.05) is 23.8 Å². The van der Waals surface area contributed by atoms with Crippen molar-refractivity contribution in [3.05, 3.63) is 29.3 Å². The highest BCUT2D eigenvalue weighted by atomic mass is 16.1. The Morgan fingerprint density at radius 1 is 1.43 bits per heavy atom. The first-order chi connectivity index (χ1) is 10.3. The van der Waals surface area contributed by atoms with Gasteiger partial charge in [-0.1, -0.05) is 0 Å². The molecule has 2 fully saturated rings. The molecule has 3 aliphatic heterocycles. The highest BCUT2D eigenvalue weighted by Crippen LogP contribution is 2.37. The minimum Gasteiger partial charge on any atom is -0.384 e. The van der Waals surface area contributed by atoms with Crippen molar-refractivity contribution in [3.63, 3.8) is 0 Å². The molecule has 1 amide bonds. The molecule has 0 unspecified atom stereocenters. The lowest BCUT2D eigenvalue weighted by molar-refractivity contribution is 0.0928. The Kier molecular flexibility index (Phi) is 2.78. The van der Waals surface area contributed by atoms with Crippen LogP contribution in [0.15, 0.2) is 18.2 Å². The first-order valence-corrected chi connectivity index (χ1v) is 7.62. The van der Waals surface area contributed by atoms with Crippen molar-refractivity contribution in [2.45, 2.75) is 43.8 Å². The summed E-state index contributed by atoms with van der Waals surface area (Å²) in [5.74, 6) is -0.0138. The van der Waals surface area contributed by atoms with E-state index in [1.807, 2.05) is 23.1 Å². The molecule has 0 radical (unpaired) electrons. The van der Waals surface area contributed by atoms with E-state index in [0.717, 1.165) is 43.5 Å². The van der Waals surface area contributed by atoms with Crippen molar-refractivity contribution in [1.82, 2.24) is 10.2 Å². The summed E-state index contributed by atoms with van der Waals surface area (Å²) >= 11 is 0. The Balaban J connectivity index is 1.48. The lowest BCUT2D eigenvalue weighted by Crippen LogP contribution is -2.43. The van der Waals surface area contributed by atoms with Crippen molar-refractivity contribution in [2.24, 2.45) is 0 Å². The van der Waals surface area contributed by atoms with E-state index < -0.39 is 0 Å². The molecule has 5 heteroatoms. The molecule has 2 N–H and O–H groups in total. The number of fused-ring (bicyclic) bond motifs is 3. The number of rotatable bonds is 2. The summed E-state index contributed by atoms with van der Waals surface area (Å²) in [5, 5.41) is 15.6. The van der Waals surface area contributed by atoms with E-state index in [4.69, 9.17) is 0 Å². The zero-order valence-electron chi connectivity index (χ0n) is 11.8. The Labute approximate surface area is 123 Å². The number of anilines is 1. The fourth-order valence-corrected chi connectivity index (χ4v) is 4.00. The number of carbonyl (C=O) groups excluding carboxylic acids is 1. The molecule has 0 aromatic heterocycles. The number of carbonyl (C=O) groups is 1. The molecule has 2 bridgehead atoms. The number of hydrogen-bond acceptors (Lipinski definition) is 4. The quantitative estimate of drug-likeness (QED) is 0.806. The lowest BCUT2D eigenvalue weighted by atomic mass is 9.95. The van der Waals surface area contributed by atoms with Gasteiger partial charge in [0.2, 0.25) is 0 Å². The van der Waals surface area contributed by atoms with Crippen molar-refractivity contribution < 1.29 is 4.79 Å². The molecule has 1 aromatic carbocycles. The summed E-state index contributed by atoms with van der Waals surface area (Å²) in [5.41, 5.74) is 3.08. The molecule has 3 aliphatic rings. The molecule has 3 heterocycles. The molecule has 2 saturated heterocycles. The fraction of sp³-hybridized carbons (Fsp3) is 0.500. The van der Waals surface area contributed by atoms with Crippen molar-refractivity contribution in [3.8, 4) is 6.19 Å². The molecular weight excluding hydrogens is 264 g/mol. The summed E-state index contributed by atoms with van der Waals surface area (Å²) in [6, 6.07) is 6.48. The Hall–Kier alpha value is -2.22. The summed E-state index contributed by atoms with van der Waals surface area (Å²) in [4.78, 5) is 14.3. The minimum absolute atomic E-state index is 0.0138. The molecule has 1 aromatic rings. The normalized spacial score (nSPS) is 28.9. The summed E-state index contributed by atoms with van der Waals surface area (Å²) in [6.07, 6.45) is 6.24. The predicted octanol–water partition coefficient (Wildman–Crippen LogP) is 1.47. The predicted molar refractivity (Wildman–Crippen MR) is 78.8 cm³/mol. The van der Waals surface area contributed by atoms with Gasteiger partial charge in [-0.15, -0.1) is 0 Å². The van der Waals surface area contributed by atoms with Crippen LogP contribution in [0.5, 0.6) is 0 Å². The van der Waals surface area contributed by atoms with Gasteiger partial charge >= 0.3 is 0 Å². The summed E-state index contributed by atoms with van der Waals surface area (Å²) in [7, 11) is 0. The van der Waals surface area contributed by atoms with Gasteiger partial charge in [0.15, 0.2) is 6.19 Å². The SMILES string of the molecule is N#CN1[C@H]2CC[C@@H]1[C@H](NC(=O)c1ccc3c(c1)CCN3)C2. The van der Waals surface area contributed by atoms with Crippen LogP contribution < -0.4 is 10.6 Å². The van der Waals surface area contributed by atoms with Crippen LogP contribution in [0.4, 0.5) is 5.69 Å². The van der Waals surface area contributed by atoms with Crippen molar-refractivity contribution in [2.75, 3.05) is 11.9 Å². The number of nitrogens with zero attached hydrogens (tertiary/aromatic N) is 2. The molecule has 0 aliphatic carbocycles. The topological polar surface area (TPSA) is 68.2 Å². The average Bonchev–Trinajstić information content (AvgIpc) is 3.19. The second kappa shape index (κ2) is 4.66. The van der Waals surface area contributed by atoms with Crippen LogP contribution in [0.25, 0.3) is 0 Å². The van der Waals surface area contributed by atoms with E-state index in [2.05, 4.69) is 16.8 Å². The Bertz CT molecular complexity index is 636. The van der Waals surface area contributed by atoms with Gasteiger partial charge in [-0.2, -0.15) is 5.26 Å².